The van der Waals surface area contributed by atoms with E-state index in [9.17, 15) is 4.79 Å². The molecule has 1 aliphatic rings. The molecule has 1 saturated heterocycles. The topological polar surface area (TPSA) is 32.3 Å². The number of piperidine rings is 1. The number of carbonyl (C=O) groups is 1. The minimum absolute atomic E-state index is 0.118. The number of hydrogen-bond acceptors (Lipinski definition) is 3. The van der Waals surface area contributed by atoms with Crippen molar-refractivity contribution in [2.24, 2.45) is 5.92 Å². The van der Waals surface area contributed by atoms with E-state index in [1.807, 2.05) is 42.5 Å². The van der Waals surface area contributed by atoms with Crippen molar-refractivity contribution >= 4 is 29.3 Å². The molecule has 1 heterocycles. The Morgan fingerprint density at radius 2 is 1.75 bits per heavy atom. The fraction of sp³-hybridized carbons (Fsp3) is 0.435. The molecule has 0 radical (unpaired) electrons. The second-order valence-electron chi connectivity index (χ2n) is 7.54. The van der Waals surface area contributed by atoms with Crippen molar-refractivity contribution in [1.82, 2.24) is 10.2 Å². The Hall–Kier alpha value is -1.49. The third kappa shape index (κ3) is 6.54. The quantitative estimate of drug-likeness (QED) is 0.656. The Labute approximate surface area is 177 Å². The molecule has 0 aliphatic carbocycles. The summed E-state index contributed by atoms with van der Waals surface area (Å²) in [4.78, 5) is 14.8. The summed E-state index contributed by atoms with van der Waals surface area (Å²) in [6.07, 6.45) is 3.57. The lowest BCUT2D eigenvalue weighted by atomic mass is 9.94. The number of rotatable bonds is 8. The first-order chi connectivity index (χ1) is 13.6. The standard InChI is InChI=1S/C23H29ClN2OS/c1-26-15-12-18(13-16-26)11-14-25-22(27)17-28-23(19-5-3-2-4-6-19)20-7-9-21(24)10-8-20/h2-10,18,23H,11-17H2,1H3,(H,25,27). The molecule has 1 amide bonds. The minimum atomic E-state index is 0.118. The number of halogens is 1. The molecule has 28 heavy (non-hydrogen) atoms. The van der Waals surface area contributed by atoms with Gasteiger partial charge in [-0.3, -0.25) is 4.79 Å². The van der Waals surface area contributed by atoms with Crippen LogP contribution in [-0.4, -0.2) is 43.2 Å². The third-order valence-electron chi connectivity index (χ3n) is 5.37. The summed E-state index contributed by atoms with van der Waals surface area (Å²) >= 11 is 7.71. The van der Waals surface area contributed by atoms with Crippen LogP contribution in [0.15, 0.2) is 54.6 Å². The van der Waals surface area contributed by atoms with Gasteiger partial charge in [-0.05, 0) is 68.6 Å². The van der Waals surface area contributed by atoms with Gasteiger partial charge in [-0.1, -0.05) is 54.1 Å². The van der Waals surface area contributed by atoms with Gasteiger partial charge in [0.1, 0.15) is 0 Å². The average Bonchev–Trinajstić information content (AvgIpc) is 2.72. The number of amides is 1. The Bertz CT molecular complexity index is 730. The van der Waals surface area contributed by atoms with Gasteiger partial charge in [0.05, 0.1) is 11.0 Å². The second-order valence-corrected chi connectivity index (χ2v) is 9.07. The maximum Gasteiger partial charge on any atom is 0.230 e. The van der Waals surface area contributed by atoms with E-state index >= 15 is 0 Å². The maximum atomic E-state index is 12.4. The van der Waals surface area contributed by atoms with Crippen LogP contribution in [0.4, 0.5) is 0 Å². The molecule has 3 nitrogen and oxygen atoms in total. The SMILES string of the molecule is CN1CCC(CCNC(=O)CSC(c2ccccc2)c2ccc(Cl)cc2)CC1. The highest BCUT2D eigenvalue weighted by Crippen LogP contribution is 2.35. The number of likely N-dealkylation sites (tertiary alicyclic amines) is 1. The largest absolute Gasteiger partial charge is 0.355 e. The summed E-state index contributed by atoms with van der Waals surface area (Å²) < 4.78 is 0. The Morgan fingerprint density at radius 1 is 1.11 bits per heavy atom. The van der Waals surface area contributed by atoms with Gasteiger partial charge in [-0.25, -0.2) is 0 Å². The molecule has 5 heteroatoms. The fourth-order valence-corrected chi connectivity index (χ4v) is 4.87. The van der Waals surface area contributed by atoms with E-state index in [0.29, 0.717) is 5.75 Å². The number of thioether (sulfide) groups is 1. The Kier molecular flexibility index (Phi) is 8.26. The summed E-state index contributed by atoms with van der Waals surface area (Å²) in [5, 5.41) is 3.97. The zero-order chi connectivity index (χ0) is 19.8. The van der Waals surface area contributed by atoms with Crippen LogP contribution in [0.5, 0.6) is 0 Å². The third-order valence-corrected chi connectivity index (χ3v) is 6.93. The predicted octanol–water partition coefficient (Wildman–Crippen LogP) is 5.01. The molecular formula is C23H29ClN2OS. The smallest absolute Gasteiger partial charge is 0.230 e. The van der Waals surface area contributed by atoms with E-state index < -0.39 is 0 Å². The first kappa shape index (κ1) is 21.2. The number of hydrogen-bond donors (Lipinski definition) is 1. The summed E-state index contributed by atoms with van der Waals surface area (Å²) in [6.45, 7) is 3.13. The Balaban J connectivity index is 1.50. The van der Waals surface area contributed by atoms with Crippen LogP contribution < -0.4 is 5.32 Å². The highest BCUT2D eigenvalue weighted by atomic mass is 35.5. The molecule has 3 rings (SSSR count). The summed E-state index contributed by atoms with van der Waals surface area (Å²) in [5.74, 6) is 1.32. The Morgan fingerprint density at radius 3 is 2.43 bits per heavy atom. The van der Waals surface area contributed by atoms with Crippen LogP contribution in [0.2, 0.25) is 5.02 Å². The van der Waals surface area contributed by atoms with Crippen molar-refractivity contribution in [3.8, 4) is 0 Å². The van der Waals surface area contributed by atoms with Crippen molar-refractivity contribution in [3.05, 3.63) is 70.7 Å². The van der Waals surface area contributed by atoms with Crippen molar-refractivity contribution in [2.75, 3.05) is 32.4 Å². The molecule has 2 aromatic carbocycles. The lowest BCUT2D eigenvalue weighted by molar-refractivity contribution is -0.118. The van der Waals surface area contributed by atoms with Crippen LogP contribution in [0.1, 0.15) is 35.6 Å². The highest BCUT2D eigenvalue weighted by Gasteiger charge is 2.18. The lowest BCUT2D eigenvalue weighted by Gasteiger charge is -2.28. The zero-order valence-electron chi connectivity index (χ0n) is 16.4. The van der Waals surface area contributed by atoms with Crippen LogP contribution >= 0.6 is 23.4 Å². The zero-order valence-corrected chi connectivity index (χ0v) is 18.0. The second kappa shape index (κ2) is 10.9. The lowest BCUT2D eigenvalue weighted by Crippen LogP contribution is -2.33. The van der Waals surface area contributed by atoms with Crippen LogP contribution in [0.25, 0.3) is 0 Å². The summed E-state index contributed by atoms with van der Waals surface area (Å²) in [5.41, 5.74) is 2.37. The number of carbonyl (C=O) groups excluding carboxylic acids is 1. The van der Waals surface area contributed by atoms with E-state index in [2.05, 4.69) is 29.4 Å². The predicted molar refractivity (Wildman–Crippen MR) is 120 cm³/mol. The van der Waals surface area contributed by atoms with Gasteiger partial charge in [0.2, 0.25) is 5.91 Å². The molecule has 1 unspecified atom stereocenters. The molecule has 1 atom stereocenters. The van der Waals surface area contributed by atoms with E-state index in [0.717, 1.165) is 23.9 Å². The van der Waals surface area contributed by atoms with Crippen LogP contribution in [0, 0.1) is 5.92 Å². The highest BCUT2D eigenvalue weighted by molar-refractivity contribution is 8.00. The van der Waals surface area contributed by atoms with Crippen molar-refractivity contribution in [3.63, 3.8) is 0 Å². The van der Waals surface area contributed by atoms with Gasteiger partial charge < -0.3 is 10.2 Å². The van der Waals surface area contributed by atoms with E-state index in [1.54, 1.807) is 11.8 Å². The molecule has 1 fully saturated rings. The van der Waals surface area contributed by atoms with Gasteiger partial charge >= 0.3 is 0 Å². The summed E-state index contributed by atoms with van der Waals surface area (Å²) in [7, 11) is 2.18. The van der Waals surface area contributed by atoms with Gasteiger partial charge in [0, 0.05) is 11.6 Å². The van der Waals surface area contributed by atoms with E-state index in [4.69, 9.17) is 11.6 Å². The number of benzene rings is 2. The molecule has 0 bridgehead atoms. The maximum absolute atomic E-state index is 12.4. The van der Waals surface area contributed by atoms with E-state index in [-0.39, 0.29) is 11.2 Å². The number of nitrogens with zero attached hydrogens (tertiary/aromatic N) is 1. The van der Waals surface area contributed by atoms with Crippen LogP contribution in [0.3, 0.4) is 0 Å². The first-order valence-corrected chi connectivity index (χ1v) is 11.4. The molecule has 1 aliphatic heterocycles. The molecule has 1 N–H and O–H groups in total. The number of nitrogens with one attached hydrogen (secondary N) is 1. The van der Waals surface area contributed by atoms with Crippen molar-refractivity contribution in [2.45, 2.75) is 24.5 Å². The van der Waals surface area contributed by atoms with Gasteiger partial charge in [-0.15, -0.1) is 11.8 Å². The van der Waals surface area contributed by atoms with Gasteiger partial charge in [0.25, 0.3) is 0 Å². The van der Waals surface area contributed by atoms with Gasteiger partial charge in [0.15, 0.2) is 0 Å². The van der Waals surface area contributed by atoms with Crippen LogP contribution in [-0.2, 0) is 4.79 Å². The molecule has 2 aromatic rings. The molecular weight excluding hydrogens is 388 g/mol. The fourth-order valence-electron chi connectivity index (χ4n) is 3.63. The molecule has 150 valence electrons. The monoisotopic (exact) mass is 416 g/mol. The van der Waals surface area contributed by atoms with Crippen molar-refractivity contribution < 1.29 is 4.79 Å². The first-order valence-electron chi connectivity index (χ1n) is 9.99. The molecule has 0 spiro atoms. The normalized spacial score (nSPS) is 16.6. The summed E-state index contributed by atoms with van der Waals surface area (Å²) in [6, 6.07) is 18.2. The minimum Gasteiger partial charge on any atom is -0.355 e. The molecule has 0 saturated carbocycles. The van der Waals surface area contributed by atoms with Gasteiger partial charge in [-0.2, -0.15) is 0 Å². The molecule has 0 aromatic heterocycles. The average molecular weight is 417 g/mol. The van der Waals surface area contributed by atoms with E-state index in [1.165, 1.54) is 37.1 Å². The van der Waals surface area contributed by atoms with Crippen molar-refractivity contribution in [1.29, 1.82) is 0 Å².